The second-order valence-electron chi connectivity index (χ2n) is 5.92. The van der Waals surface area contributed by atoms with Crippen molar-refractivity contribution < 1.29 is 28.4 Å². The van der Waals surface area contributed by atoms with E-state index in [2.05, 4.69) is 0 Å². The molecule has 2 aromatic carbocycles. The van der Waals surface area contributed by atoms with Crippen LogP contribution in [0, 0.1) is 0 Å². The first-order chi connectivity index (χ1) is 11.4. The van der Waals surface area contributed by atoms with Gasteiger partial charge in [0.05, 0.1) is 12.5 Å². The minimum absolute atomic E-state index is 0.0919. The Hall–Kier alpha value is -2.76. The summed E-state index contributed by atoms with van der Waals surface area (Å²) in [6.45, 7) is 1.02. The van der Waals surface area contributed by atoms with Crippen molar-refractivity contribution in [1.82, 2.24) is 0 Å². The van der Waals surface area contributed by atoms with Gasteiger partial charge in [0.2, 0.25) is 19.3 Å². The van der Waals surface area contributed by atoms with Crippen molar-refractivity contribution in [1.29, 1.82) is 0 Å². The van der Waals surface area contributed by atoms with Crippen LogP contribution in [0.3, 0.4) is 0 Å². The van der Waals surface area contributed by atoms with Gasteiger partial charge >= 0.3 is 0 Å². The molecule has 0 N–H and O–H groups in total. The van der Waals surface area contributed by atoms with Gasteiger partial charge in [0.1, 0.15) is 11.9 Å². The van der Waals surface area contributed by atoms with Gasteiger partial charge in [-0.2, -0.15) is 0 Å². The van der Waals surface area contributed by atoms with E-state index in [0.29, 0.717) is 12.4 Å². The van der Waals surface area contributed by atoms with Crippen molar-refractivity contribution >= 4 is 0 Å². The second kappa shape index (κ2) is 3.95. The average molecular weight is 312 g/mol. The molecular weight excluding hydrogens is 300 g/mol. The maximum atomic E-state index is 6.21. The van der Waals surface area contributed by atoms with Crippen LogP contribution >= 0.6 is 0 Å². The van der Waals surface area contributed by atoms with E-state index in [-0.39, 0.29) is 25.6 Å². The summed E-state index contributed by atoms with van der Waals surface area (Å²) in [5, 5.41) is 0. The molecule has 0 aliphatic carbocycles. The fourth-order valence-corrected chi connectivity index (χ4v) is 3.68. The van der Waals surface area contributed by atoms with Crippen molar-refractivity contribution in [3.8, 4) is 34.5 Å². The molecule has 6 rings (SSSR count). The van der Waals surface area contributed by atoms with Crippen molar-refractivity contribution in [2.45, 2.75) is 12.0 Å². The first-order valence-electron chi connectivity index (χ1n) is 7.54. The monoisotopic (exact) mass is 312 g/mol. The average Bonchev–Trinajstić information content (AvgIpc) is 3.29. The highest BCUT2D eigenvalue weighted by Gasteiger charge is 2.44. The van der Waals surface area contributed by atoms with Crippen LogP contribution in [0.15, 0.2) is 24.3 Å². The van der Waals surface area contributed by atoms with E-state index in [9.17, 15) is 0 Å². The Balaban J connectivity index is 1.48. The van der Waals surface area contributed by atoms with Crippen LogP contribution in [-0.2, 0) is 0 Å². The Morgan fingerprint density at radius 3 is 2.48 bits per heavy atom. The maximum absolute atomic E-state index is 6.21. The van der Waals surface area contributed by atoms with Gasteiger partial charge < -0.3 is 28.4 Å². The largest absolute Gasteiger partial charge is 0.488 e. The van der Waals surface area contributed by atoms with Gasteiger partial charge in [0, 0.05) is 17.2 Å². The first kappa shape index (κ1) is 11.8. The summed E-state index contributed by atoms with van der Waals surface area (Å²) in [7, 11) is 0. The number of fused-ring (bicyclic) bond motifs is 8. The molecule has 0 bridgehead atoms. The first-order valence-corrected chi connectivity index (χ1v) is 7.54. The van der Waals surface area contributed by atoms with Gasteiger partial charge in [-0.3, -0.25) is 0 Å². The third-order valence-electron chi connectivity index (χ3n) is 4.76. The fourth-order valence-electron chi connectivity index (χ4n) is 3.68. The lowest BCUT2D eigenvalue weighted by atomic mass is 9.89. The minimum Gasteiger partial charge on any atom is -0.488 e. The molecule has 0 radical (unpaired) electrons. The molecule has 6 nitrogen and oxygen atoms in total. The minimum atomic E-state index is -0.0919. The zero-order valence-corrected chi connectivity index (χ0v) is 12.0. The molecule has 23 heavy (non-hydrogen) atoms. The van der Waals surface area contributed by atoms with Crippen LogP contribution in [0.5, 0.6) is 34.5 Å². The SMILES string of the molecule is c1c2c(cc3c1O[C@@H]1c4ccc5c(c4OC[C@H]31)OCO5)OCO2. The predicted molar refractivity (Wildman–Crippen MR) is 76.7 cm³/mol. The smallest absolute Gasteiger partial charge is 0.231 e. The van der Waals surface area contributed by atoms with Gasteiger partial charge in [0.25, 0.3) is 0 Å². The molecular formula is C17H12O6. The molecule has 116 valence electrons. The lowest BCUT2D eigenvalue weighted by Gasteiger charge is -2.28. The molecule has 0 saturated heterocycles. The molecule has 0 aromatic heterocycles. The maximum Gasteiger partial charge on any atom is 0.231 e. The van der Waals surface area contributed by atoms with E-state index >= 15 is 0 Å². The Morgan fingerprint density at radius 1 is 0.696 bits per heavy atom. The summed E-state index contributed by atoms with van der Waals surface area (Å²) in [5.74, 6) is 4.59. The summed E-state index contributed by atoms with van der Waals surface area (Å²) >= 11 is 0. The molecule has 4 aliphatic rings. The Labute approximate surface area is 131 Å². The van der Waals surface area contributed by atoms with E-state index in [1.165, 1.54) is 0 Å². The van der Waals surface area contributed by atoms with Crippen LogP contribution in [-0.4, -0.2) is 20.2 Å². The number of hydrogen-bond acceptors (Lipinski definition) is 6. The zero-order chi connectivity index (χ0) is 15.0. The third kappa shape index (κ3) is 1.43. The lowest BCUT2D eigenvalue weighted by Crippen LogP contribution is -2.23. The van der Waals surface area contributed by atoms with Crippen LogP contribution in [0.1, 0.15) is 23.1 Å². The van der Waals surface area contributed by atoms with Crippen LogP contribution in [0.4, 0.5) is 0 Å². The molecule has 2 atom stereocenters. The third-order valence-corrected chi connectivity index (χ3v) is 4.76. The van der Waals surface area contributed by atoms with Crippen molar-refractivity contribution in [2.24, 2.45) is 0 Å². The van der Waals surface area contributed by atoms with Crippen molar-refractivity contribution in [2.75, 3.05) is 20.2 Å². The van der Waals surface area contributed by atoms with Gasteiger partial charge in [-0.1, -0.05) is 0 Å². The van der Waals surface area contributed by atoms with E-state index in [4.69, 9.17) is 28.4 Å². The van der Waals surface area contributed by atoms with Crippen molar-refractivity contribution in [3.63, 3.8) is 0 Å². The Bertz CT molecular complexity index is 845. The number of rotatable bonds is 0. The summed E-state index contributed by atoms with van der Waals surface area (Å²) in [6.07, 6.45) is -0.0919. The highest BCUT2D eigenvalue weighted by molar-refractivity contribution is 5.62. The molecule has 0 amide bonds. The summed E-state index contributed by atoms with van der Waals surface area (Å²) < 4.78 is 34.1. The molecule has 0 fully saturated rings. The van der Waals surface area contributed by atoms with Crippen LogP contribution < -0.4 is 28.4 Å². The van der Waals surface area contributed by atoms with E-state index in [0.717, 1.165) is 39.9 Å². The summed E-state index contributed by atoms with van der Waals surface area (Å²) in [5.41, 5.74) is 2.09. The molecule has 2 aromatic rings. The number of benzene rings is 2. The molecule has 0 spiro atoms. The van der Waals surface area contributed by atoms with E-state index < -0.39 is 0 Å². The normalized spacial score (nSPS) is 24.3. The Kier molecular flexibility index (Phi) is 2.02. The highest BCUT2D eigenvalue weighted by atomic mass is 16.7. The van der Waals surface area contributed by atoms with Gasteiger partial charge in [0.15, 0.2) is 23.0 Å². The van der Waals surface area contributed by atoms with E-state index in [1.54, 1.807) is 0 Å². The molecule has 0 unspecified atom stereocenters. The zero-order valence-electron chi connectivity index (χ0n) is 12.0. The van der Waals surface area contributed by atoms with Gasteiger partial charge in [-0.25, -0.2) is 0 Å². The van der Waals surface area contributed by atoms with Crippen LogP contribution in [0.25, 0.3) is 0 Å². The summed E-state index contributed by atoms with van der Waals surface area (Å²) in [4.78, 5) is 0. The molecule has 0 saturated carbocycles. The standard InChI is InChI=1S/C17H12O6/c1-2-11-17(22-7-19-11)16-8(1)15-10(5-18-16)9-3-13-14(21-6-20-13)4-12(9)23-15/h1-4,10,15H,5-7H2/t10-,15-/m1/s1. The summed E-state index contributed by atoms with van der Waals surface area (Å²) in [6, 6.07) is 7.81. The van der Waals surface area contributed by atoms with E-state index in [1.807, 2.05) is 24.3 Å². The predicted octanol–water partition coefficient (Wildman–Crippen LogP) is 2.75. The topological polar surface area (TPSA) is 55.4 Å². The van der Waals surface area contributed by atoms with Gasteiger partial charge in [-0.15, -0.1) is 0 Å². The second-order valence-corrected chi connectivity index (χ2v) is 5.92. The fraction of sp³-hybridized carbons (Fsp3) is 0.294. The molecule has 4 aliphatic heterocycles. The highest BCUT2D eigenvalue weighted by Crippen LogP contribution is 2.57. The van der Waals surface area contributed by atoms with Gasteiger partial charge in [-0.05, 0) is 18.2 Å². The number of ether oxygens (including phenoxy) is 6. The Morgan fingerprint density at radius 2 is 1.52 bits per heavy atom. The van der Waals surface area contributed by atoms with Crippen LogP contribution in [0.2, 0.25) is 0 Å². The molecule has 6 heteroatoms. The van der Waals surface area contributed by atoms with Crippen molar-refractivity contribution in [3.05, 3.63) is 35.4 Å². The molecule has 4 heterocycles. The number of hydrogen-bond donors (Lipinski definition) is 0. The lowest BCUT2D eigenvalue weighted by molar-refractivity contribution is 0.131. The quantitative estimate of drug-likeness (QED) is 0.745.